The number of hydrogen-bond donors (Lipinski definition) is 2. The van der Waals surface area contributed by atoms with Gasteiger partial charge in [0.2, 0.25) is 0 Å². The normalized spacial score (nSPS) is 25.7. The zero-order chi connectivity index (χ0) is 16.7. The highest BCUT2D eigenvalue weighted by Gasteiger charge is 2.38. The molecule has 2 aromatic rings. The predicted octanol–water partition coefficient (Wildman–Crippen LogP) is 2.50. The zero-order valence-corrected chi connectivity index (χ0v) is 12.6. The van der Waals surface area contributed by atoms with Gasteiger partial charge in [-0.05, 0) is 25.0 Å². The van der Waals surface area contributed by atoms with Crippen LogP contribution >= 0.6 is 0 Å². The maximum Gasteiger partial charge on any atom is 0.453 e. The molecule has 0 saturated heterocycles. The maximum absolute atomic E-state index is 12.9. The molecule has 9 heteroatoms. The van der Waals surface area contributed by atoms with E-state index < -0.39 is 18.1 Å². The van der Waals surface area contributed by atoms with Gasteiger partial charge in [-0.15, -0.1) is 15.3 Å². The van der Waals surface area contributed by atoms with Crippen LogP contribution in [0.5, 0.6) is 0 Å². The first-order valence-electron chi connectivity index (χ1n) is 7.51. The molecule has 2 heterocycles. The van der Waals surface area contributed by atoms with E-state index in [-0.39, 0.29) is 11.1 Å². The second-order valence-electron chi connectivity index (χ2n) is 6.28. The summed E-state index contributed by atoms with van der Waals surface area (Å²) in [6, 6.07) is 2.99. The van der Waals surface area contributed by atoms with Crippen LogP contribution in [0, 0.1) is 5.41 Å². The molecule has 2 unspecified atom stereocenters. The SMILES string of the molecule is CC1(CNc2ccc3nnc(C(F)(F)F)n3n2)CCCCC1O. The standard InChI is InChI=1S/C14H18F3N5O/c1-13(7-3-2-4-9(13)23)8-18-10-5-6-11-19-20-12(14(15,16)17)22(11)21-10/h5-6,9,23H,2-4,7-8H2,1H3,(H,18,21). The minimum Gasteiger partial charge on any atom is -0.392 e. The van der Waals surface area contributed by atoms with Crippen molar-refractivity contribution in [3.63, 3.8) is 0 Å². The first-order chi connectivity index (χ1) is 10.8. The molecular formula is C14H18F3N5O. The van der Waals surface area contributed by atoms with Crippen molar-refractivity contribution in [1.29, 1.82) is 0 Å². The monoisotopic (exact) mass is 329 g/mol. The van der Waals surface area contributed by atoms with E-state index in [1.54, 1.807) is 6.07 Å². The van der Waals surface area contributed by atoms with Gasteiger partial charge in [-0.1, -0.05) is 19.8 Å². The summed E-state index contributed by atoms with van der Waals surface area (Å²) in [5, 5.41) is 23.7. The second kappa shape index (κ2) is 5.63. The molecule has 0 aromatic carbocycles. The number of aliphatic hydroxyl groups is 1. The van der Waals surface area contributed by atoms with Crippen molar-refractivity contribution in [2.75, 3.05) is 11.9 Å². The average Bonchev–Trinajstić information content (AvgIpc) is 2.92. The Morgan fingerprint density at radius 2 is 2.13 bits per heavy atom. The Labute approximate surface area is 130 Å². The molecule has 2 aromatic heterocycles. The molecule has 1 saturated carbocycles. The van der Waals surface area contributed by atoms with Crippen LogP contribution < -0.4 is 5.32 Å². The lowest BCUT2D eigenvalue weighted by molar-refractivity contribution is -0.146. The smallest absolute Gasteiger partial charge is 0.392 e. The molecule has 0 spiro atoms. The van der Waals surface area contributed by atoms with E-state index in [1.807, 2.05) is 6.92 Å². The summed E-state index contributed by atoms with van der Waals surface area (Å²) < 4.78 is 39.2. The fourth-order valence-electron chi connectivity index (χ4n) is 2.94. The van der Waals surface area contributed by atoms with Gasteiger partial charge in [-0.2, -0.15) is 17.7 Å². The Morgan fingerprint density at radius 1 is 1.35 bits per heavy atom. The third kappa shape index (κ3) is 3.10. The van der Waals surface area contributed by atoms with Gasteiger partial charge in [0.05, 0.1) is 6.10 Å². The van der Waals surface area contributed by atoms with Crippen molar-refractivity contribution in [2.45, 2.75) is 44.9 Å². The quantitative estimate of drug-likeness (QED) is 0.905. The van der Waals surface area contributed by atoms with Crippen LogP contribution in [0.15, 0.2) is 12.1 Å². The highest BCUT2D eigenvalue weighted by Crippen LogP contribution is 2.36. The largest absolute Gasteiger partial charge is 0.453 e. The van der Waals surface area contributed by atoms with Crippen molar-refractivity contribution in [3.05, 3.63) is 18.0 Å². The molecule has 23 heavy (non-hydrogen) atoms. The van der Waals surface area contributed by atoms with E-state index >= 15 is 0 Å². The molecule has 2 atom stereocenters. The third-order valence-corrected chi connectivity index (χ3v) is 4.47. The summed E-state index contributed by atoms with van der Waals surface area (Å²) in [7, 11) is 0. The molecule has 0 radical (unpaired) electrons. The van der Waals surface area contributed by atoms with Gasteiger partial charge in [0, 0.05) is 12.0 Å². The zero-order valence-electron chi connectivity index (χ0n) is 12.6. The molecule has 0 amide bonds. The minimum absolute atomic E-state index is 0.0341. The molecule has 1 fully saturated rings. The fourth-order valence-corrected chi connectivity index (χ4v) is 2.94. The number of aliphatic hydroxyl groups excluding tert-OH is 1. The van der Waals surface area contributed by atoms with E-state index in [9.17, 15) is 18.3 Å². The Morgan fingerprint density at radius 3 is 2.83 bits per heavy atom. The first kappa shape index (κ1) is 16.0. The van der Waals surface area contributed by atoms with Crippen LogP contribution in [0.25, 0.3) is 5.65 Å². The van der Waals surface area contributed by atoms with Gasteiger partial charge >= 0.3 is 6.18 Å². The van der Waals surface area contributed by atoms with Crippen molar-refractivity contribution in [2.24, 2.45) is 5.41 Å². The van der Waals surface area contributed by atoms with Crippen molar-refractivity contribution in [1.82, 2.24) is 19.8 Å². The molecule has 2 N–H and O–H groups in total. The lowest BCUT2D eigenvalue weighted by Crippen LogP contribution is -2.41. The number of nitrogens with zero attached hydrogens (tertiary/aromatic N) is 4. The van der Waals surface area contributed by atoms with Gasteiger partial charge in [-0.25, -0.2) is 0 Å². The highest BCUT2D eigenvalue weighted by atomic mass is 19.4. The van der Waals surface area contributed by atoms with Gasteiger partial charge in [-0.3, -0.25) is 0 Å². The van der Waals surface area contributed by atoms with Crippen LogP contribution in [0.1, 0.15) is 38.4 Å². The maximum atomic E-state index is 12.9. The number of rotatable bonds is 3. The number of fused-ring (bicyclic) bond motifs is 1. The van der Waals surface area contributed by atoms with Gasteiger partial charge in [0.1, 0.15) is 5.82 Å². The number of hydrogen-bond acceptors (Lipinski definition) is 5. The number of anilines is 1. The van der Waals surface area contributed by atoms with E-state index in [0.29, 0.717) is 16.9 Å². The summed E-state index contributed by atoms with van der Waals surface area (Å²) in [6.45, 7) is 2.42. The Bertz CT molecular complexity index is 701. The second-order valence-corrected chi connectivity index (χ2v) is 6.28. The van der Waals surface area contributed by atoms with Gasteiger partial charge < -0.3 is 10.4 Å². The molecule has 6 nitrogen and oxygen atoms in total. The molecule has 1 aliphatic rings. The van der Waals surface area contributed by atoms with Gasteiger partial charge in [0.25, 0.3) is 5.82 Å². The summed E-state index contributed by atoms with van der Waals surface area (Å²) >= 11 is 0. The Kier molecular flexibility index (Phi) is 3.91. The molecule has 3 rings (SSSR count). The average molecular weight is 329 g/mol. The number of alkyl halides is 3. The van der Waals surface area contributed by atoms with Crippen LogP contribution in [0.4, 0.5) is 19.0 Å². The van der Waals surface area contributed by atoms with E-state index in [1.165, 1.54) is 6.07 Å². The number of aromatic nitrogens is 4. The first-order valence-corrected chi connectivity index (χ1v) is 7.51. The van der Waals surface area contributed by atoms with E-state index in [4.69, 9.17) is 0 Å². The molecular weight excluding hydrogens is 311 g/mol. The van der Waals surface area contributed by atoms with Crippen LogP contribution in [0.2, 0.25) is 0 Å². The van der Waals surface area contributed by atoms with Crippen LogP contribution in [-0.4, -0.2) is 37.6 Å². The van der Waals surface area contributed by atoms with Gasteiger partial charge in [0.15, 0.2) is 5.65 Å². The lowest BCUT2D eigenvalue weighted by Gasteiger charge is -2.38. The molecule has 0 bridgehead atoms. The Hall–Kier alpha value is -1.90. The summed E-state index contributed by atoms with van der Waals surface area (Å²) in [5.74, 6) is -0.859. The summed E-state index contributed by atoms with van der Waals surface area (Å²) in [4.78, 5) is 0. The highest BCUT2D eigenvalue weighted by molar-refractivity contribution is 5.44. The predicted molar refractivity (Wildman–Crippen MR) is 76.9 cm³/mol. The molecule has 1 aliphatic carbocycles. The summed E-state index contributed by atoms with van der Waals surface area (Å²) in [5.41, 5.74) is -0.277. The fraction of sp³-hybridized carbons (Fsp3) is 0.643. The van der Waals surface area contributed by atoms with E-state index in [2.05, 4.69) is 20.6 Å². The van der Waals surface area contributed by atoms with Crippen molar-refractivity contribution in [3.8, 4) is 0 Å². The van der Waals surface area contributed by atoms with E-state index in [0.717, 1.165) is 25.7 Å². The lowest BCUT2D eigenvalue weighted by atomic mass is 9.73. The van der Waals surface area contributed by atoms with Crippen LogP contribution in [0.3, 0.4) is 0 Å². The molecule has 126 valence electrons. The third-order valence-electron chi connectivity index (χ3n) is 4.47. The number of nitrogens with one attached hydrogen (secondary N) is 1. The topological polar surface area (TPSA) is 75.3 Å². The molecule has 0 aliphatic heterocycles. The number of halogens is 3. The summed E-state index contributed by atoms with van der Waals surface area (Å²) in [6.07, 6.45) is -1.40. The van der Waals surface area contributed by atoms with Crippen LogP contribution in [-0.2, 0) is 6.18 Å². The van der Waals surface area contributed by atoms with Crippen molar-refractivity contribution < 1.29 is 18.3 Å². The van der Waals surface area contributed by atoms with Crippen molar-refractivity contribution >= 4 is 11.5 Å². The Balaban J connectivity index is 1.81. The minimum atomic E-state index is -4.61.